The average Bonchev–Trinajstić information content (AvgIpc) is 3.70. The van der Waals surface area contributed by atoms with Crippen LogP contribution in [-0.4, -0.2) is 47.7 Å². The summed E-state index contributed by atoms with van der Waals surface area (Å²) in [7, 11) is 0. The van der Waals surface area contributed by atoms with E-state index < -0.39 is 0 Å². The van der Waals surface area contributed by atoms with Crippen molar-refractivity contribution in [3.8, 4) is 33.8 Å². The fraction of sp³-hybridized carbons (Fsp3) is 0.184. The van der Waals surface area contributed by atoms with Crippen LogP contribution in [0.3, 0.4) is 0 Å². The van der Waals surface area contributed by atoms with Crippen LogP contribution in [0, 0.1) is 14.4 Å². The second-order valence-corrected chi connectivity index (χ2v) is 16.6. The number of aromatic nitrogens is 1. The highest BCUT2D eigenvalue weighted by Crippen LogP contribution is 2.36. The molecule has 0 radical (unpaired) electrons. The predicted octanol–water partition coefficient (Wildman–Crippen LogP) is 11.0. The first-order valence-corrected chi connectivity index (χ1v) is 22.0. The van der Waals surface area contributed by atoms with Crippen LogP contribution in [0.1, 0.15) is 59.9 Å². The van der Waals surface area contributed by atoms with Crippen molar-refractivity contribution in [1.82, 2.24) is 10.3 Å². The normalized spacial score (nSPS) is 12.1. The summed E-state index contributed by atoms with van der Waals surface area (Å²) in [6, 6.07) is 32.7. The number of hydrogen-bond acceptors (Lipinski definition) is 10. The number of allylic oxidation sites excluding steroid dienone is 1. The molecule has 0 saturated heterocycles. The highest BCUT2D eigenvalue weighted by atomic mass is 127. The Morgan fingerprint density at radius 1 is 0.852 bits per heavy atom. The molecule has 0 aliphatic heterocycles. The van der Waals surface area contributed by atoms with E-state index in [2.05, 4.69) is 105 Å². The first kappa shape index (κ1) is 42.9. The van der Waals surface area contributed by atoms with Crippen LogP contribution in [0.25, 0.3) is 39.1 Å². The maximum absolute atomic E-state index is 12.9. The molecule has 5 aromatic carbocycles. The molecular weight excluding hydrogens is 896 g/mol. The van der Waals surface area contributed by atoms with Gasteiger partial charge >= 0.3 is 5.97 Å². The van der Waals surface area contributed by atoms with Crippen LogP contribution in [0.15, 0.2) is 121 Å². The van der Waals surface area contributed by atoms with Gasteiger partial charge in [0.1, 0.15) is 22.9 Å². The third kappa shape index (κ3) is 10.9. The summed E-state index contributed by atoms with van der Waals surface area (Å²) >= 11 is 3.80. The largest absolute Gasteiger partial charge is 0.494 e. The summed E-state index contributed by atoms with van der Waals surface area (Å²) in [6.45, 7) is 6.77. The van der Waals surface area contributed by atoms with E-state index in [1.54, 1.807) is 6.08 Å². The number of hydrazone groups is 1. The van der Waals surface area contributed by atoms with Crippen LogP contribution in [-0.2, 0) is 22.4 Å². The topological polar surface area (TPSA) is 150 Å². The fourth-order valence-corrected chi connectivity index (χ4v) is 8.61. The number of benzene rings is 5. The molecule has 61 heavy (non-hydrogen) atoms. The number of hydrogen-bond donors (Lipinski definition) is 4. The zero-order valence-corrected chi connectivity index (χ0v) is 36.7. The van der Waals surface area contributed by atoms with Crippen molar-refractivity contribution >= 4 is 85.4 Å². The molecule has 0 atom stereocenters. The number of aryl methyl sites for hydroxylation is 2. The van der Waals surface area contributed by atoms with E-state index in [4.69, 9.17) is 20.3 Å². The van der Waals surface area contributed by atoms with Gasteiger partial charge in [0.15, 0.2) is 0 Å². The molecule has 10 nitrogen and oxygen atoms in total. The lowest BCUT2D eigenvalue weighted by Crippen LogP contribution is -2.22. The van der Waals surface area contributed by atoms with E-state index in [1.807, 2.05) is 60.8 Å². The Morgan fingerprint density at radius 2 is 1.56 bits per heavy atom. The molecule has 1 aliphatic carbocycles. The molecule has 1 amide bonds. The van der Waals surface area contributed by atoms with Gasteiger partial charge in [-0.2, -0.15) is 5.10 Å². The van der Waals surface area contributed by atoms with Crippen molar-refractivity contribution in [1.29, 1.82) is 10.8 Å². The minimum Gasteiger partial charge on any atom is -0.494 e. The van der Waals surface area contributed by atoms with E-state index >= 15 is 0 Å². The zero-order valence-electron chi connectivity index (χ0n) is 33.7. The van der Waals surface area contributed by atoms with E-state index in [0.29, 0.717) is 36.1 Å². The van der Waals surface area contributed by atoms with Crippen molar-refractivity contribution in [2.45, 2.75) is 45.4 Å². The highest BCUT2D eigenvalue weighted by Gasteiger charge is 2.20. The zero-order chi connectivity index (χ0) is 42.7. The second-order valence-electron chi connectivity index (χ2n) is 14.5. The Labute approximate surface area is 373 Å². The number of anilines is 1. The van der Waals surface area contributed by atoms with E-state index in [9.17, 15) is 9.59 Å². The van der Waals surface area contributed by atoms with Crippen LogP contribution >= 0.6 is 33.9 Å². The molecule has 4 N–H and O–H groups in total. The van der Waals surface area contributed by atoms with Crippen molar-refractivity contribution < 1.29 is 19.1 Å². The van der Waals surface area contributed by atoms with Gasteiger partial charge in [-0.3, -0.25) is 25.8 Å². The molecule has 0 unspecified atom stereocenters. The first-order chi connectivity index (χ1) is 29.7. The van der Waals surface area contributed by atoms with Crippen LogP contribution in [0.5, 0.6) is 11.5 Å². The first-order valence-electron chi connectivity index (χ1n) is 20.1. The standard InChI is InChI=1S/C49H45IN6O4S/c1-3-7-31-8-13-33(14-9-31)39-21-22-40(46(50)41(39)30-54-56-49-55-48-43(61-49)24-23-42(51)47(48)52)36-16-15-35-29-38(20-17-34(35)28-36)60-45(58)25-12-32-10-18-37(19-11-32)59-27-6-5-26-53-44(57)4-2/h4,8-11,13-24,28-30,51-52H,2-3,5-7,12,25-27H2,1H3,(H,53,57)(H,55,56)/b51-42?,52-47?,54-30+. The lowest BCUT2D eigenvalue weighted by atomic mass is 9.93. The smallest absolute Gasteiger partial charge is 0.311 e. The van der Waals surface area contributed by atoms with Gasteiger partial charge in [-0.25, -0.2) is 4.98 Å². The SMILES string of the molecule is C=CC(=O)NCCCCOc1ccc(CCC(=O)Oc2ccc3cc(-c4ccc(-c5ccc(CCC)cc5)c(/C=N/Nc5nc6c(s5)C=CC(=N)C6=N)c4I)ccc3c2)cc1. The number of amides is 1. The quantitative estimate of drug-likeness (QED) is 0.0128. The van der Waals surface area contributed by atoms with Gasteiger partial charge in [-0.05, 0) is 141 Å². The van der Waals surface area contributed by atoms with Crippen molar-refractivity contribution in [2.24, 2.45) is 5.10 Å². The Kier molecular flexibility index (Phi) is 14.3. The molecule has 308 valence electrons. The molecule has 1 heterocycles. The van der Waals surface area contributed by atoms with Gasteiger partial charge in [-0.15, -0.1) is 0 Å². The van der Waals surface area contributed by atoms with Gasteiger partial charge in [0.2, 0.25) is 11.0 Å². The van der Waals surface area contributed by atoms with Gasteiger partial charge in [0.05, 0.1) is 23.4 Å². The molecule has 0 fully saturated rings. The number of carbonyl (C=O) groups is 2. The Hall–Kier alpha value is -6.25. The molecular formula is C49H45IN6O4S. The summed E-state index contributed by atoms with van der Waals surface area (Å²) in [6.07, 6.45) is 11.1. The van der Waals surface area contributed by atoms with E-state index in [1.165, 1.54) is 23.0 Å². The van der Waals surface area contributed by atoms with Crippen molar-refractivity contribution in [3.63, 3.8) is 0 Å². The maximum Gasteiger partial charge on any atom is 0.311 e. The molecule has 0 spiro atoms. The van der Waals surface area contributed by atoms with Gasteiger partial charge in [0.25, 0.3) is 0 Å². The maximum atomic E-state index is 12.9. The monoisotopic (exact) mass is 940 g/mol. The van der Waals surface area contributed by atoms with Gasteiger partial charge < -0.3 is 14.8 Å². The summed E-state index contributed by atoms with van der Waals surface area (Å²) in [5.41, 5.74) is 11.3. The van der Waals surface area contributed by atoms with Crippen molar-refractivity contribution in [3.05, 3.63) is 147 Å². The Balaban J connectivity index is 1.01. The fourth-order valence-electron chi connectivity index (χ4n) is 6.86. The van der Waals surface area contributed by atoms with Crippen LogP contribution < -0.4 is 20.2 Å². The second kappa shape index (κ2) is 20.3. The van der Waals surface area contributed by atoms with Crippen LogP contribution in [0.4, 0.5) is 5.13 Å². The number of rotatable bonds is 18. The summed E-state index contributed by atoms with van der Waals surface area (Å²) in [5.74, 6) is 0.791. The summed E-state index contributed by atoms with van der Waals surface area (Å²) in [4.78, 5) is 29.5. The molecule has 7 rings (SSSR count). The molecule has 0 bridgehead atoms. The number of unbranched alkanes of at least 4 members (excludes halogenated alkanes) is 1. The average molecular weight is 941 g/mol. The number of fused-ring (bicyclic) bond motifs is 2. The number of ether oxygens (including phenoxy) is 2. The number of esters is 1. The molecule has 1 aliphatic rings. The molecule has 12 heteroatoms. The van der Waals surface area contributed by atoms with Crippen LogP contribution in [0.2, 0.25) is 0 Å². The Morgan fingerprint density at radius 3 is 2.34 bits per heavy atom. The molecule has 0 saturated carbocycles. The van der Waals surface area contributed by atoms with Gasteiger partial charge in [0, 0.05) is 22.1 Å². The third-order valence-electron chi connectivity index (χ3n) is 10.1. The summed E-state index contributed by atoms with van der Waals surface area (Å²) < 4.78 is 12.6. The van der Waals surface area contributed by atoms with E-state index in [-0.39, 0.29) is 29.7 Å². The summed E-state index contributed by atoms with van der Waals surface area (Å²) in [5, 5.41) is 26.1. The molecule has 6 aromatic rings. The minimum absolute atomic E-state index is 0.105. The van der Waals surface area contributed by atoms with Gasteiger partial charge in [-0.1, -0.05) is 98.0 Å². The van der Waals surface area contributed by atoms with Crippen molar-refractivity contribution in [2.75, 3.05) is 18.6 Å². The number of carbonyl (C=O) groups excluding carboxylic acids is 2. The minimum atomic E-state index is -0.301. The van der Waals surface area contributed by atoms with E-state index in [0.717, 1.165) is 84.0 Å². The Bertz CT molecular complexity index is 2670. The molecule has 1 aromatic heterocycles. The lowest BCUT2D eigenvalue weighted by molar-refractivity contribution is -0.134. The number of nitrogens with zero attached hydrogens (tertiary/aromatic N) is 2. The number of nitrogens with one attached hydrogen (secondary N) is 4. The number of halogens is 1. The third-order valence-corrected chi connectivity index (χ3v) is 12.2. The highest BCUT2D eigenvalue weighted by molar-refractivity contribution is 14.1. The number of thiazole rings is 1. The lowest BCUT2D eigenvalue weighted by Gasteiger charge is -2.14. The predicted molar refractivity (Wildman–Crippen MR) is 257 cm³/mol.